The van der Waals surface area contributed by atoms with Gasteiger partial charge in [0.15, 0.2) is 0 Å². The molecule has 0 unspecified atom stereocenters. The molecule has 2 aromatic carbocycles. The summed E-state index contributed by atoms with van der Waals surface area (Å²) < 4.78 is 55.2. The van der Waals surface area contributed by atoms with E-state index >= 15 is 0 Å². The first-order valence-corrected chi connectivity index (χ1v) is 8.93. The summed E-state index contributed by atoms with van der Waals surface area (Å²) in [6.07, 6.45) is 2.18. The molecule has 4 rings (SSSR count). The second kappa shape index (κ2) is 6.87. The van der Waals surface area contributed by atoms with Gasteiger partial charge in [0.1, 0.15) is 23.3 Å². The van der Waals surface area contributed by atoms with Crippen molar-refractivity contribution >= 4 is 6.03 Å². The second-order valence-corrected chi connectivity index (χ2v) is 7.10. The van der Waals surface area contributed by atoms with Crippen LogP contribution in [0.2, 0.25) is 0 Å². The molecule has 2 N–H and O–H groups in total. The van der Waals surface area contributed by atoms with Crippen molar-refractivity contribution in [1.82, 2.24) is 10.6 Å². The van der Waals surface area contributed by atoms with E-state index in [9.17, 15) is 22.4 Å². The number of hydrogen-bond acceptors (Lipinski definition) is 1. The van der Waals surface area contributed by atoms with Crippen molar-refractivity contribution in [3.05, 3.63) is 70.3 Å². The van der Waals surface area contributed by atoms with E-state index in [-0.39, 0.29) is 11.6 Å². The first-order chi connectivity index (χ1) is 12.9. The maximum absolute atomic E-state index is 13.9. The number of amides is 2. The molecule has 142 valence electrons. The zero-order valence-corrected chi connectivity index (χ0v) is 14.4. The lowest BCUT2D eigenvalue weighted by atomic mass is 9.87. The fourth-order valence-corrected chi connectivity index (χ4v) is 3.89. The van der Waals surface area contributed by atoms with Gasteiger partial charge in [0.05, 0.1) is 6.04 Å². The summed E-state index contributed by atoms with van der Waals surface area (Å²) in [6.45, 7) is 0. The van der Waals surface area contributed by atoms with Crippen molar-refractivity contribution < 1.29 is 22.4 Å². The fraction of sp³-hybridized carbons (Fsp3) is 0.350. The van der Waals surface area contributed by atoms with Gasteiger partial charge in [-0.05, 0) is 55.0 Å². The van der Waals surface area contributed by atoms with Crippen molar-refractivity contribution in [3.8, 4) is 0 Å². The first-order valence-electron chi connectivity index (χ1n) is 8.93. The third-order valence-corrected chi connectivity index (χ3v) is 5.27. The van der Waals surface area contributed by atoms with Crippen LogP contribution in [0.5, 0.6) is 0 Å². The Kier molecular flexibility index (Phi) is 4.53. The molecule has 0 bridgehead atoms. The van der Waals surface area contributed by atoms with Crippen molar-refractivity contribution in [2.24, 2.45) is 0 Å². The lowest BCUT2D eigenvalue weighted by molar-refractivity contribution is 0.234. The molecule has 0 aliphatic heterocycles. The minimum Gasteiger partial charge on any atom is -0.335 e. The topological polar surface area (TPSA) is 41.1 Å². The summed E-state index contributed by atoms with van der Waals surface area (Å²) in [5, 5.41) is 5.42. The average Bonchev–Trinajstić information content (AvgIpc) is 3.34. The van der Waals surface area contributed by atoms with Crippen molar-refractivity contribution in [2.45, 2.75) is 43.7 Å². The minimum absolute atomic E-state index is 0.0186. The third kappa shape index (κ3) is 3.50. The monoisotopic (exact) mass is 378 g/mol. The predicted octanol–water partition coefficient (Wildman–Crippen LogP) is 4.48. The Morgan fingerprint density at radius 3 is 2.48 bits per heavy atom. The molecule has 1 saturated carbocycles. The molecule has 0 radical (unpaired) electrons. The van der Waals surface area contributed by atoms with Crippen LogP contribution in [0.15, 0.2) is 30.3 Å². The van der Waals surface area contributed by atoms with E-state index in [4.69, 9.17) is 0 Å². The normalized spacial score (nSPS) is 23.5. The van der Waals surface area contributed by atoms with E-state index in [1.807, 2.05) is 0 Å². The molecular formula is C20H18F4N2O. The van der Waals surface area contributed by atoms with Crippen LogP contribution in [0.25, 0.3) is 0 Å². The Morgan fingerprint density at radius 2 is 1.74 bits per heavy atom. The number of nitrogens with one attached hydrogen (secondary N) is 2. The minimum atomic E-state index is -0.683. The SMILES string of the molecule is O=C(N[C@@H]1CCCc2c(F)cc(F)cc21)N[C@@H]1C[C@H]1c1c(F)cccc1F. The van der Waals surface area contributed by atoms with Gasteiger partial charge >= 0.3 is 6.03 Å². The molecule has 2 amide bonds. The molecule has 27 heavy (non-hydrogen) atoms. The molecular weight excluding hydrogens is 360 g/mol. The van der Waals surface area contributed by atoms with Gasteiger partial charge in [-0.2, -0.15) is 0 Å². The Hall–Kier alpha value is -2.57. The number of halogens is 4. The van der Waals surface area contributed by atoms with E-state index in [1.165, 1.54) is 24.3 Å². The number of urea groups is 1. The molecule has 7 heteroatoms. The summed E-state index contributed by atoms with van der Waals surface area (Å²) in [7, 11) is 0. The van der Waals surface area contributed by atoms with E-state index in [2.05, 4.69) is 10.6 Å². The van der Waals surface area contributed by atoms with Crippen LogP contribution < -0.4 is 10.6 Å². The highest BCUT2D eigenvalue weighted by Crippen LogP contribution is 2.43. The van der Waals surface area contributed by atoms with Crippen LogP contribution in [-0.4, -0.2) is 12.1 Å². The van der Waals surface area contributed by atoms with Gasteiger partial charge in [-0.15, -0.1) is 0 Å². The standard InChI is InChI=1S/C20H18F4N2O/c21-10-7-12-11(16(24)8-10)3-1-6-17(12)25-20(27)26-18-9-13(18)19-14(22)4-2-5-15(19)23/h2,4-5,7-8,13,17-18H,1,3,6,9H2,(H2,25,26,27)/t13-,17-,18-/m1/s1. The van der Waals surface area contributed by atoms with Crippen LogP contribution >= 0.6 is 0 Å². The number of carbonyl (C=O) groups is 1. The second-order valence-electron chi connectivity index (χ2n) is 7.10. The molecule has 2 aromatic rings. The predicted molar refractivity (Wildman–Crippen MR) is 91.2 cm³/mol. The third-order valence-electron chi connectivity index (χ3n) is 5.27. The lowest BCUT2D eigenvalue weighted by Gasteiger charge is -2.27. The van der Waals surface area contributed by atoms with Crippen LogP contribution in [-0.2, 0) is 6.42 Å². The molecule has 2 aliphatic rings. The van der Waals surface area contributed by atoms with Crippen molar-refractivity contribution in [1.29, 1.82) is 0 Å². The highest BCUT2D eigenvalue weighted by molar-refractivity contribution is 5.75. The number of fused-ring (bicyclic) bond motifs is 1. The summed E-state index contributed by atoms with van der Waals surface area (Å²) in [5.41, 5.74) is 0.849. The Balaban J connectivity index is 1.42. The highest BCUT2D eigenvalue weighted by atomic mass is 19.1. The van der Waals surface area contributed by atoms with Gasteiger partial charge in [-0.1, -0.05) is 6.07 Å². The molecule has 3 atom stereocenters. The molecule has 3 nitrogen and oxygen atoms in total. The molecule has 0 heterocycles. The summed E-state index contributed by atoms with van der Waals surface area (Å²) in [4.78, 5) is 12.3. The number of benzene rings is 2. The number of hydrogen-bond donors (Lipinski definition) is 2. The van der Waals surface area contributed by atoms with Crippen molar-refractivity contribution in [2.75, 3.05) is 0 Å². The van der Waals surface area contributed by atoms with Gasteiger partial charge < -0.3 is 10.6 Å². The molecule has 1 fully saturated rings. The van der Waals surface area contributed by atoms with Crippen LogP contribution in [0.4, 0.5) is 22.4 Å². The van der Waals surface area contributed by atoms with E-state index in [0.717, 1.165) is 6.07 Å². The summed E-state index contributed by atoms with van der Waals surface area (Å²) >= 11 is 0. The first kappa shape index (κ1) is 17.8. The molecule has 0 spiro atoms. The van der Waals surface area contributed by atoms with E-state index < -0.39 is 41.3 Å². The molecule has 0 saturated heterocycles. The molecule has 0 aromatic heterocycles. The zero-order valence-electron chi connectivity index (χ0n) is 14.4. The Bertz CT molecular complexity index is 882. The van der Waals surface area contributed by atoms with Crippen LogP contribution in [0, 0.1) is 23.3 Å². The maximum atomic E-state index is 13.9. The summed E-state index contributed by atoms with van der Waals surface area (Å²) in [5.74, 6) is -2.95. The van der Waals surface area contributed by atoms with Gasteiger partial charge in [0.25, 0.3) is 0 Å². The largest absolute Gasteiger partial charge is 0.335 e. The fourth-order valence-electron chi connectivity index (χ4n) is 3.89. The van der Waals surface area contributed by atoms with Crippen LogP contribution in [0.1, 0.15) is 47.9 Å². The maximum Gasteiger partial charge on any atom is 0.315 e. The Labute approximate surface area is 153 Å². The van der Waals surface area contributed by atoms with Crippen LogP contribution in [0.3, 0.4) is 0 Å². The zero-order chi connectivity index (χ0) is 19.1. The Morgan fingerprint density at radius 1 is 1.00 bits per heavy atom. The van der Waals surface area contributed by atoms with E-state index in [0.29, 0.717) is 36.8 Å². The smallest absolute Gasteiger partial charge is 0.315 e. The van der Waals surface area contributed by atoms with E-state index in [1.54, 1.807) is 0 Å². The van der Waals surface area contributed by atoms with Gasteiger partial charge in [0, 0.05) is 23.6 Å². The number of carbonyl (C=O) groups excluding carboxylic acids is 1. The van der Waals surface area contributed by atoms with Gasteiger partial charge in [0.2, 0.25) is 0 Å². The lowest BCUT2D eigenvalue weighted by Crippen LogP contribution is -2.40. The average molecular weight is 378 g/mol. The summed E-state index contributed by atoms with van der Waals surface area (Å²) in [6, 6.07) is 4.39. The van der Waals surface area contributed by atoms with Gasteiger partial charge in [-0.3, -0.25) is 0 Å². The van der Waals surface area contributed by atoms with Crippen molar-refractivity contribution in [3.63, 3.8) is 0 Å². The number of rotatable bonds is 3. The van der Waals surface area contributed by atoms with Gasteiger partial charge in [-0.25, -0.2) is 22.4 Å². The highest BCUT2D eigenvalue weighted by Gasteiger charge is 2.43. The quantitative estimate of drug-likeness (QED) is 0.760. The molecule has 2 aliphatic carbocycles.